The Morgan fingerprint density at radius 1 is 1.25 bits per heavy atom. The molecule has 0 saturated carbocycles. The molecule has 1 aromatic rings. The molecular weight excluding hydrogens is 349 g/mol. The van der Waals surface area contributed by atoms with Gasteiger partial charge in [-0.15, -0.1) is 0 Å². The fourth-order valence-corrected chi connectivity index (χ4v) is 3.50. The SMILES string of the molecule is CCS(=O)(=O)N(c1cc(Cl)c(Cl)cc1Cl)C(C)C(=O)O. The topological polar surface area (TPSA) is 74.7 Å². The summed E-state index contributed by atoms with van der Waals surface area (Å²) >= 11 is 17.6. The van der Waals surface area contributed by atoms with E-state index in [-0.39, 0.29) is 26.5 Å². The number of aliphatic carboxylic acids is 1. The van der Waals surface area contributed by atoms with Gasteiger partial charge in [-0.05, 0) is 26.0 Å². The van der Waals surface area contributed by atoms with Gasteiger partial charge < -0.3 is 5.11 Å². The number of sulfonamides is 1. The van der Waals surface area contributed by atoms with E-state index in [1.165, 1.54) is 26.0 Å². The van der Waals surface area contributed by atoms with Crippen LogP contribution in [0.4, 0.5) is 5.69 Å². The normalized spacial score (nSPS) is 13.1. The van der Waals surface area contributed by atoms with E-state index in [1.54, 1.807) is 0 Å². The zero-order valence-electron chi connectivity index (χ0n) is 10.6. The van der Waals surface area contributed by atoms with E-state index in [9.17, 15) is 13.2 Å². The molecule has 1 atom stereocenters. The van der Waals surface area contributed by atoms with Gasteiger partial charge in [0.25, 0.3) is 0 Å². The molecule has 0 amide bonds. The third-order valence-electron chi connectivity index (χ3n) is 2.60. The lowest BCUT2D eigenvalue weighted by Crippen LogP contribution is -2.44. The van der Waals surface area contributed by atoms with Crippen molar-refractivity contribution in [1.29, 1.82) is 0 Å². The summed E-state index contributed by atoms with van der Waals surface area (Å²) in [5.41, 5.74) is -0.0159. The summed E-state index contributed by atoms with van der Waals surface area (Å²) in [7, 11) is -3.84. The number of carboxylic acids is 1. The number of nitrogens with zero attached hydrogens (tertiary/aromatic N) is 1. The van der Waals surface area contributed by atoms with Gasteiger partial charge in [0.05, 0.1) is 26.5 Å². The molecule has 0 fully saturated rings. The van der Waals surface area contributed by atoms with E-state index in [4.69, 9.17) is 39.9 Å². The second-order valence-electron chi connectivity index (χ2n) is 3.93. The fourth-order valence-electron chi connectivity index (χ4n) is 1.52. The Morgan fingerprint density at radius 2 is 1.75 bits per heavy atom. The molecule has 1 rings (SSSR count). The van der Waals surface area contributed by atoms with Gasteiger partial charge in [-0.3, -0.25) is 4.31 Å². The molecule has 0 bridgehead atoms. The predicted octanol–water partition coefficient (Wildman–Crippen LogP) is 3.28. The highest BCUT2D eigenvalue weighted by atomic mass is 35.5. The molecule has 1 unspecified atom stereocenters. The Balaban J connectivity index is 3.54. The predicted molar refractivity (Wildman–Crippen MR) is 80.5 cm³/mol. The lowest BCUT2D eigenvalue weighted by Gasteiger charge is -2.28. The van der Waals surface area contributed by atoms with Crippen molar-refractivity contribution in [3.05, 3.63) is 27.2 Å². The summed E-state index contributed by atoms with van der Waals surface area (Å²) in [5, 5.41) is 9.32. The van der Waals surface area contributed by atoms with Crippen LogP contribution in [0.25, 0.3) is 0 Å². The minimum absolute atomic E-state index is 0.00419. The van der Waals surface area contributed by atoms with Crippen LogP contribution in [0, 0.1) is 0 Å². The highest BCUT2D eigenvalue weighted by molar-refractivity contribution is 7.92. The zero-order valence-corrected chi connectivity index (χ0v) is 13.7. The maximum absolute atomic E-state index is 12.1. The number of hydrogen-bond donors (Lipinski definition) is 1. The highest BCUT2D eigenvalue weighted by Gasteiger charge is 2.32. The fraction of sp³-hybridized carbons (Fsp3) is 0.364. The summed E-state index contributed by atoms with van der Waals surface area (Å²) < 4.78 is 25.0. The largest absolute Gasteiger partial charge is 0.480 e. The smallest absolute Gasteiger partial charge is 0.327 e. The average molecular weight is 361 g/mol. The molecule has 5 nitrogen and oxygen atoms in total. The number of rotatable bonds is 5. The summed E-state index contributed by atoms with van der Waals surface area (Å²) in [6.07, 6.45) is 0. The van der Waals surface area contributed by atoms with Gasteiger partial charge in [0.2, 0.25) is 10.0 Å². The van der Waals surface area contributed by atoms with Crippen molar-refractivity contribution in [2.24, 2.45) is 0 Å². The van der Waals surface area contributed by atoms with Gasteiger partial charge >= 0.3 is 5.97 Å². The van der Waals surface area contributed by atoms with Crippen LogP contribution >= 0.6 is 34.8 Å². The summed E-state index contributed by atoms with van der Waals surface area (Å²) in [5.74, 6) is -1.58. The van der Waals surface area contributed by atoms with E-state index in [0.717, 1.165) is 4.31 Å². The molecule has 9 heteroatoms. The Hall–Kier alpha value is -0.690. The average Bonchev–Trinajstić information content (AvgIpc) is 2.35. The van der Waals surface area contributed by atoms with Crippen LogP contribution in [0.5, 0.6) is 0 Å². The molecule has 0 radical (unpaired) electrons. The molecule has 1 N–H and O–H groups in total. The molecule has 0 spiro atoms. The van der Waals surface area contributed by atoms with Gasteiger partial charge in [-0.2, -0.15) is 0 Å². The number of hydrogen-bond acceptors (Lipinski definition) is 3. The van der Waals surface area contributed by atoms with Crippen molar-refractivity contribution in [3.63, 3.8) is 0 Å². The van der Waals surface area contributed by atoms with Crippen LogP contribution in [0.1, 0.15) is 13.8 Å². The van der Waals surface area contributed by atoms with Crippen molar-refractivity contribution in [2.45, 2.75) is 19.9 Å². The first-order chi connectivity index (χ1) is 9.11. The van der Waals surface area contributed by atoms with Crippen LogP contribution in [-0.2, 0) is 14.8 Å². The molecule has 0 aliphatic carbocycles. The summed E-state index contributed by atoms with van der Waals surface area (Å²) in [4.78, 5) is 11.1. The van der Waals surface area contributed by atoms with E-state index in [2.05, 4.69) is 0 Å². The lowest BCUT2D eigenvalue weighted by molar-refractivity contribution is -0.137. The van der Waals surface area contributed by atoms with E-state index in [1.807, 2.05) is 0 Å². The Morgan fingerprint density at radius 3 is 2.20 bits per heavy atom. The number of benzene rings is 1. The number of carboxylic acid groups (broad SMARTS) is 1. The van der Waals surface area contributed by atoms with Gasteiger partial charge in [-0.25, -0.2) is 13.2 Å². The van der Waals surface area contributed by atoms with Crippen molar-refractivity contribution in [1.82, 2.24) is 0 Å². The molecule has 20 heavy (non-hydrogen) atoms. The van der Waals surface area contributed by atoms with Crippen molar-refractivity contribution < 1.29 is 18.3 Å². The van der Waals surface area contributed by atoms with E-state index >= 15 is 0 Å². The maximum atomic E-state index is 12.1. The van der Waals surface area contributed by atoms with E-state index < -0.39 is 22.0 Å². The highest BCUT2D eigenvalue weighted by Crippen LogP contribution is 2.36. The van der Waals surface area contributed by atoms with Crippen molar-refractivity contribution in [3.8, 4) is 0 Å². The summed E-state index contributed by atoms with van der Waals surface area (Å²) in [6, 6.07) is 1.18. The van der Waals surface area contributed by atoms with Crippen molar-refractivity contribution in [2.75, 3.05) is 10.1 Å². The second-order valence-corrected chi connectivity index (χ2v) is 7.28. The minimum atomic E-state index is -3.84. The van der Waals surface area contributed by atoms with Gasteiger partial charge in [0.1, 0.15) is 6.04 Å². The van der Waals surface area contributed by atoms with Gasteiger partial charge in [0, 0.05) is 0 Å². The molecule has 0 saturated heterocycles. The molecule has 0 aromatic heterocycles. The quantitative estimate of drug-likeness (QED) is 0.818. The van der Waals surface area contributed by atoms with Crippen LogP contribution in [0.3, 0.4) is 0 Å². The van der Waals surface area contributed by atoms with Crippen LogP contribution in [0.15, 0.2) is 12.1 Å². The molecule has 112 valence electrons. The number of carbonyl (C=O) groups is 1. The maximum Gasteiger partial charge on any atom is 0.327 e. The third-order valence-corrected chi connectivity index (χ3v) is 5.47. The first-order valence-corrected chi connectivity index (χ1v) is 8.25. The molecule has 0 aliphatic rings. The van der Waals surface area contributed by atoms with Gasteiger partial charge in [0.15, 0.2) is 0 Å². The van der Waals surface area contributed by atoms with Crippen LogP contribution < -0.4 is 4.31 Å². The Bertz CT molecular complexity index is 633. The molecule has 1 aromatic carbocycles. The van der Waals surface area contributed by atoms with Crippen LogP contribution in [-0.4, -0.2) is 31.3 Å². The molecular formula is C11H12Cl3NO4S. The third kappa shape index (κ3) is 3.49. The number of anilines is 1. The lowest BCUT2D eigenvalue weighted by atomic mass is 10.2. The van der Waals surface area contributed by atoms with Crippen LogP contribution in [0.2, 0.25) is 15.1 Å². The van der Waals surface area contributed by atoms with E-state index in [0.29, 0.717) is 0 Å². The standard InChI is InChI=1S/C11H12Cl3NO4S/c1-3-20(18,19)15(6(2)11(16)17)10-5-8(13)7(12)4-9(10)14/h4-6H,3H2,1-2H3,(H,16,17). The van der Waals surface area contributed by atoms with Crippen molar-refractivity contribution >= 4 is 56.5 Å². The molecule has 0 heterocycles. The monoisotopic (exact) mass is 359 g/mol. The second kappa shape index (κ2) is 6.39. The zero-order chi connectivity index (χ0) is 15.7. The number of halogens is 3. The first kappa shape index (κ1) is 17.4. The Labute approximate surface area is 132 Å². The minimum Gasteiger partial charge on any atom is -0.480 e. The molecule has 0 aliphatic heterocycles. The summed E-state index contributed by atoms with van der Waals surface area (Å²) in [6.45, 7) is 2.65. The first-order valence-electron chi connectivity index (χ1n) is 5.51. The Kier molecular flexibility index (Phi) is 5.54. The van der Waals surface area contributed by atoms with Gasteiger partial charge in [-0.1, -0.05) is 34.8 Å².